The van der Waals surface area contributed by atoms with Gasteiger partial charge in [-0.1, -0.05) is 16.8 Å². The van der Waals surface area contributed by atoms with Gasteiger partial charge < -0.3 is 4.52 Å². The second-order valence-corrected chi connectivity index (χ2v) is 7.02. The van der Waals surface area contributed by atoms with Crippen molar-refractivity contribution in [2.75, 3.05) is 4.72 Å². The zero-order valence-corrected chi connectivity index (χ0v) is 13.3. The lowest BCUT2D eigenvalue weighted by atomic mass is 10.3. The minimum Gasteiger partial charge on any atom is -0.361 e. The maximum Gasteiger partial charge on any atom is 0.238 e. The highest BCUT2D eigenvalue weighted by Crippen LogP contribution is 2.32. The molecule has 1 aromatic heterocycles. The zero-order chi connectivity index (χ0) is 14.9. The van der Waals surface area contributed by atoms with Crippen LogP contribution in [-0.2, 0) is 15.8 Å². The molecule has 0 aliphatic heterocycles. The molecule has 5 nitrogen and oxygen atoms in total. The molecular weight excluding hydrogens is 375 g/mol. The third-order valence-electron chi connectivity index (χ3n) is 2.28. The Morgan fingerprint density at radius 1 is 1.45 bits per heavy atom. The highest BCUT2D eigenvalue weighted by Gasteiger charge is 2.18. The number of nitrogens with zero attached hydrogens (tertiary/aromatic N) is 1. The molecule has 20 heavy (non-hydrogen) atoms. The molecule has 0 aliphatic carbocycles. The van der Waals surface area contributed by atoms with E-state index < -0.39 is 15.8 Å². The molecule has 0 saturated heterocycles. The number of hydrogen-bond acceptors (Lipinski definition) is 4. The molecule has 2 aromatic rings. The van der Waals surface area contributed by atoms with Gasteiger partial charge in [-0.05, 0) is 35.0 Å². The summed E-state index contributed by atoms with van der Waals surface area (Å²) in [6.45, 7) is 1.66. The summed E-state index contributed by atoms with van der Waals surface area (Å²) in [4.78, 5) is 0. The van der Waals surface area contributed by atoms with Crippen molar-refractivity contribution in [3.63, 3.8) is 0 Å². The first-order valence-corrected chi connectivity index (χ1v) is 8.16. The average Bonchev–Trinajstić information content (AvgIpc) is 2.68. The Morgan fingerprint density at radius 3 is 2.70 bits per heavy atom. The van der Waals surface area contributed by atoms with Crippen LogP contribution in [0.3, 0.4) is 0 Å². The second-order valence-electron chi connectivity index (χ2n) is 4.03. The van der Waals surface area contributed by atoms with Gasteiger partial charge in [-0.15, -0.1) is 0 Å². The van der Waals surface area contributed by atoms with Crippen LogP contribution in [0.1, 0.15) is 11.5 Å². The standard InChI is InChI=1S/C11H9BrClFN2O3S/c1-6-2-8(15-19-6)5-20(17,18)16-11-9(12)3-7(14)4-10(11)13/h2-4,16H,5H2,1H3. The van der Waals surface area contributed by atoms with Gasteiger partial charge in [-0.3, -0.25) is 4.72 Å². The van der Waals surface area contributed by atoms with Gasteiger partial charge in [0.2, 0.25) is 10.0 Å². The van der Waals surface area contributed by atoms with Gasteiger partial charge in [-0.25, -0.2) is 12.8 Å². The van der Waals surface area contributed by atoms with Gasteiger partial charge in [0.05, 0.1) is 10.7 Å². The summed E-state index contributed by atoms with van der Waals surface area (Å²) in [6.07, 6.45) is 0. The van der Waals surface area contributed by atoms with Crippen LogP contribution in [-0.4, -0.2) is 13.6 Å². The number of nitrogens with one attached hydrogen (secondary N) is 1. The van der Waals surface area contributed by atoms with Crippen molar-refractivity contribution >= 4 is 43.2 Å². The number of benzene rings is 1. The van der Waals surface area contributed by atoms with Gasteiger partial charge in [0.1, 0.15) is 23.0 Å². The fourth-order valence-corrected chi connectivity index (χ4v) is 3.73. The molecular formula is C11H9BrClFN2O3S. The van der Waals surface area contributed by atoms with E-state index in [1.807, 2.05) is 0 Å². The predicted molar refractivity (Wildman–Crippen MR) is 76.6 cm³/mol. The van der Waals surface area contributed by atoms with E-state index in [1.54, 1.807) is 6.92 Å². The van der Waals surface area contributed by atoms with Crippen LogP contribution in [0.15, 0.2) is 27.2 Å². The molecule has 0 amide bonds. The van der Waals surface area contributed by atoms with E-state index in [4.69, 9.17) is 16.1 Å². The maximum atomic E-state index is 13.1. The summed E-state index contributed by atoms with van der Waals surface area (Å²) in [6, 6.07) is 3.65. The van der Waals surface area contributed by atoms with Crippen molar-refractivity contribution in [3.8, 4) is 0 Å². The lowest BCUT2D eigenvalue weighted by Crippen LogP contribution is -2.16. The van der Waals surface area contributed by atoms with Crippen LogP contribution in [0.25, 0.3) is 0 Å². The Kier molecular flexibility index (Phi) is 4.36. The number of aromatic nitrogens is 1. The molecule has 1 aromatic carbocycles. The Labute approximate surface area is 128 Å². The van der Waals surface area contributed by atoms with Gasteiger partial charge in [0.25, 0.3) is 0 Å². The molecule has 0 fully saturated rings. The Morgan fingerprint density at radius 2 is 2.15 bits per heavy atom. The third-order valence-corrected chi connectivity index (χ3v) is 4.39. The normalized spacial score (nSPS) is 11.6. The van der Waals surface area contributed by atoms with E-state index in [0.29, 0.717) is 5.76 Å². The van der Waals surface area contributed by atoms with Crippen molar-refractivity contribution in [1.29, 1.82) is 0 Å². The molecule has 2 rings (SSSR count). The lowest BCUT2D eigenvalue weighted by molar-refractivity contribution is 0.392. The van der Waals surface area contributed by atoms with Crippen LogP contribution < -0.4 is 4.72 Å². The third kappa shape index (κ3) is 3.71. The van der Waals surface area contributed by atoms with Gasteiger partial charge in [0, 0.05) is 10.5 Å². The first kappa shape index (κ1) is 15.3. The number of halogens is 3. The van der Waals surface area contributed by atoms with Gasteiger partial charge >= 0.3 is 0 Å². The van der Waals surface area contributed by atoms with E-state index in [-0.39, 0.29) is 26.6 Å². The number of rotatable bonds is 4. The summed E-state index contributed by atoms with van der Waals surface area (Å²) >= 11 is 8.87. The maximum absolute atomic E-state index is 13.1. The lowest BCUT2D eigenvalue weighted by Gasteiger charge is -2.10. The predicted octanol–water partition coefficient (Wildman–Crippen LogP) is 3.48. The topological polar surface area (TPSA) is 72.2 Å². The quantitative estimate of drug-likeness (QED) is 0.877. The number of anilines is 1. The fourth-order valence-electron chi connectivity index (χ4n) is 1.51. The molecule has 0 bridgehead atoms. The first-order valence-electron chi connectivity index (χ1n) is 5.34. The molecule has 9 heteroatoms. The summed E-state index contributed by atoms with van der Waals surface area (Å²) in [5.41, 5.74) is 0.345. The second kappa shape index (κ2) is 5.71. The van der Waals surface area contributed by atoms with Crippen molar-refractivity contribution in [2.24, 2.45) is 0 Å². The summed E-state index contributed by atoms with van der Waals surface area (Å²) in [5, 5.41) is 3.56. The van der Waals surface area contributed by atoms with Crippen molar-refractivity contribution in [1.82, 2.24) is 5.16 Å². The van der Waals surface area contributed by atoms with Crippen LogP contribution in [0, 0.1) is 12.7 Å². The molecule has 0 unspecified atom stereocenters. The average molecular weight is 384 g/mol. The van der Waals surface area contributed by atoms with Gasteiger partial charge in [0.15, 0.2) is 0 Å². The molecule has 108 valence electrons. The highest BCUT2D eigenvalue weighted by molar-refractivity contribution is 9.10. The van der Waals surface area contributed by atoms with Crippen molar-refractivity contribution < 1.29 is 17.3 Å². The molecule has 0 saturated carbocycles. The zero-order valence-electron chi connectivity index (χ0n) is 10.2. The molecule has 1 heterocycles. The fraction of sp³-hybridized carbons (Fsp3) is 0.182. The smallest absolute Gasteiger partial charge is 0.238 e. The SMILES string of the molecule is Cc1cc(CS(=O)(=O)Nc2c(Cl)cc(F)cc2Br)no1. The molecule has 0 atom stereocenters. The molecule has 1 N–H and O–H groups in total. The Hall–Kier alpha value is -1.12. The van der Waals surface area contributed by atoms with Crippen LogP contribution in [0.5, 0.6) is 0 Å². The number of aryl methyl sites for hydroxylation is 1. The molecule has 0 aliphatic rings. The summed E-state index contributed by atoms with van der Waals surface area (Å²) in [5.74, 6) is -0.432. The van der Waals surface area contributed by atoms with Crippen LogP contribution >= 0.6 is 27.5 Å². The van der Waals surface area contributed by atoms with E-state index in [9.17, 15) is 12.8 Å². The van der Waals surface area contributed by atoms with E-state index in [1.165, 1.54) is 6.07 Å². The van der Waals surface area contributed by atoms with E-state index in [0.717, 1.165) is 12.1 Å². The summed E-state index contributed by atoms with van der Waals surface area (Å²) in [7, 11) is -3.74. The molecule has 0 spiro atoms. The van der Waals surface area contributed by atoms with Gasteiger partial charge in [-0.2, -0.15) is 0 Å². The van der Waals surface area contributed by atoms with Crippen molar-refractivity contribution in [3.05, 3.63) is 45.0 Å². The first-order chi connectivity index (χ1) is 9.27. The van der Waals surface area contributed by atoms with Crippen molar-refractivity contribution in [2.45, 2.75) is 12.7 Å². The van der Waals surface area contributed by atoms with Crippen LogP contribution in [0.2, 0.25) is 5.02 Å². The number of sulfonamides is 1. The minimum absolute atomic E-state index is 0.0446. The van der Waals surface area contributed by atoms with E-state index >= 15 is 0 Å². The Balaban J connectivity index is 2.25. The highest BCUT2D eigenvalue weighted by atomic mass is 79.9. The monoisotopic (exact) mass is 382 g/mol. The minimum atomic E-state index is -3.74. The largest absolute Gasteiger partial charge is 0.361 e. The van der Waals surface area contributed by atoms with Crippen LogP contribution in [0.4, 0.5) is 10.1 Å². The van der Waals surface area contributed by atoms with E-state index in [2.05, 4.69) is 25.8 Å². The Bertz CT molecular complexity index is 725. The summed E-state index contributed by atoms with van der Waals surface area (Å²) < 4.78 is 44.4. The molecule has 0 radical (unpaired) electrons. The number of hydrogen-bond donors (Lipinski definition) is 1.